The average Bonchev–Trinajstić information content (AvgIpc) is 2.36. The van der Waals surface area contributed by atoms with Crippen LogP contribution in [0.5, 0.6) is 0 Å². The van der Waals surface area contributed by atoms with Gasteiger partial charge in [0.1, 0.15) is 0 Å². The Labute approximate surface area is 109 Å². The number of halogens is 3. The highest BCUT2D eigenvalue weighted by Gasteiger charge is 2.33. The summed E-state index contributed by atoms with van der Waals surface area (Å²) in [4.78, 5) is -0.454. The van der Waals surface area contributed by atoms with Crippen molar-refractivity contribution in [1.29, 1.82) is 0 Å². The molecule has 0 heterocycles. The molecule has 1 atom stereocenters. The summed E-state index contributed by atoms with van der Waals surface area (Å²) in [5.41, 5.74) is -1.03. The van der Waals surface area contributed by atoms with E-state index in [1.165, 1.54) is 14.0 Å². The minimum absolute atomic E-state index is 0.422. The molecule has 0 aliphatic rings. The Hall–Kier alpha value is -1.12. The van der Waals surface area contributed by atoms with Crippen LogP contribution in [0.1, 0.15) is 12.5 Å². The molecule has 1 unspecified atom stereocenters. The molecular formula is C11H14F3NO3S. The van der Waals surface area contributed by atoms with Crippen LogP contribution in [0.25, 0.3) is 0 Å². The van der Waals surface area contributed by atoms with Gasteiger partial charge in [0.2, 0.25) is 10.0 Å². The maximum atomic E-state index is 12.5. The molecule has 0 saturated carbocycles. The molecule has 0 aliphatic carbocycles. The summed E-state index contributed by atoms with van der Waals surface area (Å²) in [6.45, 7) is 1.03. The number of sulfonamides is 1. The lowest BCUT2D eigenvalue weighted by atomic mass is 10.2. The topological polar surface area (TPSA) is 57.6 Å². The lowest BCUT2D eigenvalue weighted by molar-refractivity contribution is -0.137. The van der Waals surface area contributed by atoms with Crippen LogP contribution in [-0.4, -0.2) is 37.5 Å². The Bertz CT molecular complexity index is 542. The Morgan fingerprint density at radius 3 is 2.42 bits per heavy atom. The molecule has 1 aromatic rings. The zero-order valence-electron chi connectivity index (χ0n) is 10.3. The number of alkyl halides is 3. The summed E-state index contributed by atoms with van der Waals surface area (Å²) in [5, 5.41) is 8.91. The highest BCUT2D eigenvalue weighted by Crippen LogP contribution is 2.31. The van der Waals surface area contributed by atoms with Crippen molar-refractivity contribution in [3.8, 4) is 0 Å². The van der Waals surface area contributed by atoms with Crippen molar-refractivity contribution in [1.82, 2.24) is 4.31 Å². The van der Waals surface area contributed by atoms with Crippen LogP contribution in [0.2, 0.25) is 0 Å². The van der Waals surface area contributed by atoms with Crippen LogP contribution in [0, 0.1) is 0 Å². The van der Waals surface area contributed by atoms with Crippen molar-refractivity contribution in [3.63, 3.8) is 0 Å². The van der Waals surface area contributed by atoms with Crippen LogP contribution in [0.3, 0.4) is 0 Å². The van der Waals surface area contributed by atoms with Crippen molar-refractivity contribution < 1.29 is 26.7 Å². The van der Waals surface area contributed by atoms with E-state index in [9.17, 15) is 21.6 Å². The van der Waals surface area contributed by atoms with Gasteiger partial charge in [-0.05, 0) is 25.1 Å². The molecule has 0 saturated heterocycles. The third-order valence-corrected chi connectivity index (χ3v) is 4.69. The first kappa shape index (κ1) is 15.9. The van der Waals surface area contributed by atoms with Crippen molar-refractivity contribution >= 4 is 10.0 Å². The lowest BCUT2D eigenvalue weighted by Crippen LogP contribution is -2.37. The van der Waals surface area contributed by atoms with Crippen molar-refractivity contribution in [2.45, 2.75) is 24.0 Å². The van der Waals surface area contributed by atoms with Gasteiger partial charge in [-0.25, -0.2) is 8.42 Å². The van der Waals surface area contributed by atoms with Gasteiger partial charge >= 0.3 is 6.18 Å². The number of nitrogens with zero attached hydrogens (tertiary/aromatic N) is 1. The predicted molar refractivity (Wildman–Crippen MR) is 62.9 cm³/mol. The van der Waals surface area contributed by atoms with Crippen LogP contribution in [0.4, 0.5) is 13.2 Å². The van der Waals surface area contributed by atoms with Crippen LogP contribution < -0.4 is 0 Å². The molecule has 0 bridgehead atoms. The molecule has 0 fully saturated rings. The summed E-state index contributed by atoms with van der Waals surface area (Å²) in [7, 11) is -2.85. The number of aliphatic hydroxyl groups excluding tert-OH is 1. The second kappa shape index (κ2) is 5.48. The summed E-state index contributed by atoms with van der Waals surface area (Å²) in [6.07, 6.45) is -4.60. The molecule has 1 rings (SSSR count). The standard InChI is InChI=1S/C11H14F3NO3S/c1-8(7-16)15(2)19(17,18)10-5-3-4-9(6-10)11(12,13)14/h3-6,8,16H,7H2,1-2H3. The molecular weight excluding hydrogens is 283 g/mol. The molecule has 19 heavy (non-hydrogen) atoms. The third-order valence-electron chi connectivity index (χ3n) is 2.72. The first-order valence-corrected chi connectivity index (χ1v) is 6.81. The second-order valence-electron chi connectivity index (χ2n) is 4.08. The highest BCUT2D eigenvalue weighted by atomic mass is 32.2. The van der Waals surface area contributed by atoms with E-state index in [2.05, 4.69) is 0 Å². The van der Waals surface area contributed by atoms with Crippen LogP contribution in [0.15, 0.2) is 29.2 Å². The smallest absolute Gasteiger partial charge is 0.395 e. The van der Waals surface area contributed by atoms with Gasteiger partial charge in [-0.2, -0.15) is 17.5 Å². The van der Waals surface area contributed by atoms with Crippen LogP contribution in [-0.2, 0) is 16.2 Å². The largest absolute Gasteiger partial charge is 0.416 e. The predicted octanol–water partition coefficient (Wildman–Crippen LogP) is 1.71. The molecule has 0 amide bonds. The van der Waals surface area contributed by atoms with E-state index in [0.29, 0.717) is 6.07 Å². The quantitative estimate of drug-likeness (QED) is 0.920. The van der Waals surface area contributed by atoms with Gasteiger partial charge in [0, 0.05) is 13.1 Å². The fraction of sp³-hybridized carbons (Fsp3) is 0.455. The molecule has 108 valence electrons. The van der Waals surface area contributed by atoms with Gasteiger partial charge in [0.15, 0.2) is 0 Å². The number of benzene rings is 1. The maximum Gasteiger partial charge on any atom is 0.416 e. The number of aliphatic hydroxyl groups is 1. The molecule has 0 radical (unpaired) electrons. The van der Waals surface area contributed by atoms with E-state index >= 15 is 0 Å². The molecule has 1 N–H and O–H groups in total. The number of hydrogen-bond acceptors (Lipinski definition) is 3. The Morgan fingerprint density at radius 2 is 1.95 bits per heavy atom. The van der Waals surface area contributed by atoms with Gasteiger partial charge in [-0.3, -0.25) is 0 Å². The zero-order valence-corrected chi connectivity index (χ0v) is 11.2. The number of rotatable bonds is 4. The maximum absolute atomic E-state index is 12.5. The summed E-state index contributed by atoms with van der Waals surface area (Å²) in [5.74, 6) is 0. The van der Waals surface area contributed by atoms with Gasteiger partial charge in [0.25, 0.3) is 0 Å². The Kier molecular flexibility index (Phi) is 4.59. The molecule has 0 aliphatic heterocycles. The Morgan fingerprint density at radius 1 is 1.37 bits per heavy atom. The molecule has 1 aromatic carbocycles. The zero-order chi connectivity index (χ0) is 14.8. The molecule has 4 nitrogen and oxygen atoms in total. The van der Waals surface area contributed by atoms with E-state index in [1.807, 2.05) is 0 Å². The van der Waals surface area contributed by atoms with Gasteiger partial charge in [-0.15, -0.1) is 0 Å². The summed E-state index contributed by atoms with van der Waals surface area (Å²) < 4.78 is 62.6. The van der Waals surface area contributed by atoms with E-state index in [1.54, 1.807) is 0 Å². The molecule has 8 heteroatoms. The molecule has 0 spiro atoms. The van der Waals surface area contributed by atoms with Crippen LogP contribution >= 0.6 is 0 Å². The van der Waals surface area contributed by atoms with E-state index in [4.69, 9.17) is 5.11 Å². The fourth-order valence-corrected chi connectivity index (χ4v) is 2.75. The van der Waals surface area contributed by atoms with Crippen molar-refractivity contribution in [2.24, 2.45) is 0 Å². The first-order valence-electron chi connectivity index (χ1n) is 5.37. The highest BCUT2D eigenvalue weighted by molar-refractivity contribution is 7.89. The lowest BCUT2D eigenvalue weighted by Gasteiger charge is -2.22. The number of likely N-dealkylation sites (N-methyl/N-ethyl adjacent to an activating group) is 1. The first-order chi connectivity index (χ1) is 8.60. The fourth-order valence-electron chi connectivity index (χ4n) is 1.35. The number of hydrogen-bond donors (Lipinski definition) is 1. The van der Waals surface area contributed by atoms with E-state index in [-0.39, 0.29) is 0 Å². The van der Waals surface area contributed by atoms with Crippen molar-refractivity contribution in [2.75, 3.05) is 13.7 Å². The minimum Gasteiger partial charge on any atom is -0.395 e. The van der Waals surface area contributed by atoms with Gasteiger partial charge in [-0.1, -0.05) is 6.07 Å². The monoisotopic (exact) mass is 297 g/mol. The SMILES string of the molecule is CC(CO)N(C)S(=O)(=O)c1cccc(C(F)(F)F)c1. The molecule has 0 aromatic heterocycles. The van der Waals surface area contributed by atoms with E-state index < -0.39 is 39.3 Å². The average molecular weight is 297 g/mol. The third kappa shape index (κ3) is 3.46. The normalized spacial score (nSPS) is 14.7. The van der Waals surface area contributed by atoms with Gasteiger partial charge < -0.3 is 5.11 Å². The van der Waals surface area contributed by atoms with Gasteiger partial charge in [0.05, 0.1) is 17.1 Å². The van der Waals surface area contributed by atoms with Crippen molar-refractivity contribution in [3.05, 3.63) is 29.8 Å². The minimum atomic E-state index is -4.60. The second-order valence-corrected chi connectivity index (χ2v) is 6.08. The van der Waals surface area contributed by atoms with E-state index in [0.717, 1.165) is 22.5 Å². The summed E-state index contributed by atoms with van der Waals surface area (Å²) in [6, 6.07) is 2.78. The summed E-state index contributed by atoms with van der Waals surface area (Å²) >= 11 is 0. The Balaban J connectivity index is 3.23.